The molecule has 2 bridgehead atoms. The highest BCUT2D eigenvalue weighted by Gasteiger charge is 2.75. The number of aliphatic imine (C=N–C) groups is 1. The van der Waals surface area contributed by atoms with Crippen molar-refractivity contribution in [3.63, 3.8) is 0 Å². The molecule has 13 heteroatoms. The third-order valence-corrected chi connectivity index (χ3v) is 10.0. The van der Waals surface area contributed by atoms with Crippen LogP contribution in [0.5, 0.6) is 0 Å². The Morgan fingerprint density at radius 3 is 2.38 bits per heavy atom. The number of amidine groups is 1. The maximum Gasteiger partial charge on any atom is 0.405 e. The number of amides is 1. The summed E-state index contributed by atoms with van der Waals surface area (Å²) in [6.07, 6.45) is -3.33. The van der Waals surface area contributed by atoms with Crippen molar-refractivity contribution in [1.82, 2.24) is 14.9 Å². The lowest BCUT2D eigenvalue weighted by molar-refractivity contribution is -0.151. The van der Waals surface area contributed by atoms with Crippen LogP contribution in [0.3, 0.4) is 0 Å². The summed E-state index contributed by atoms with van der Waals surface area (Å²) in [4.78, 5) is 17.1. The lowest BCUT2D eigenvalue weighted by Gasteiger charge is -2.73. The number of carbonyl (C=O) groups excluding carboxylic acids is 1. The summed E-state index contributed by atoms with van der Waals surface area (Å²) in [5.41, 5.74) is -1.76. The molecule has 0 radical (unpaired) electrons. The van der Waals surface area contributed by atoms with Gasteiger partial charge in [-0.25, -0.2) is 12.8 Å². The van der Waals surface area contributed by atoms with Crippen molar-refractivity contribution in [2.75, 3.05) is 6.54 Å². The fraction of sp³-hybridized carbons (Fsp3) is 0.462. The molecule has 0 spiro atoms. The maximum absolute atomic E-state index is 14.2. The van der Waals surface area contributed by atoms with Crippen molar-refractivity contribution in [1.29, 1.82) is 0 Å². The van der Waals surface area contributed by atoms with E-state index in [0.29, 0.717) is 30.7 Å². The van der Waals surface area contributed by atoms with Gasteiger partial charge in [0.15, 0.2) is 6.04 Å². The van der Waals surface area contributed by atoms with Crippen LogP contribution in [-0.2, 0) is 21.4 Å². The van der Waals surface area contributed by atoms with Crippen molar-refractivity contribution in [2.45, 2.75) is 67.8 Å². The molecule has 3 fully saturated rings. The van der Waals surface area contributed by atoms with Crippen molar-refractivity contribution in [3.8, 4) is 0 Å². The highest BCUT2D eigenvalue weighted by atomic mass is 35.5. The van der Waals surface area contributed by atoms with E-state index in [1.807, 2.05) is 5.32 Å². The zero-order valence-electron chi connectivity index (χ0n) is 21.1. The van der Waals surface area contributed by atoms with E-state index in [9.17, 15) is 30.8 Å². The van der Waals surface area contributed by atoms with Crippen LogP contribution in [0.2, 0.25) is 5.02 Å². The van der Waals surface area contributed by atoms with Crippen LogP contribution in [0.25, 0.3) is 0 Å². The average molecular weight is 587 g/mol. The van der Waals surface area contributed by atoms with Crippen LogP contribution in [0.1, 0.15) is 38.7 Å². The molecule has 39 heavy (non-hydrogen) atoms. The zero-order chi connectivity index (χ0) is 28.4. The number of nitrogens with one attached hydrogen (secondary N) is 2. The molecule has 3 saturated carbocycles. The first-order valence-corrected chi connectivity index (χ1v) is 14.1. The topological polar surface area (TPSA) is 90.9 Å². The van der Waals surface area contributed by atoms with Gasteiger partial charge in [0.05, 0.1) is 15.5 Å². The molecule has 1 heterocycles. The summed E-state index contributed by atoms with van der Waals surface area (Å²) < 4.78 is 81.0. The molecule has 0 unspecified atom stereocenters. The van der Waals surface area contributed by atoms with Gasteiger partial charge in [-0.15, -0.1) is 0 Å². The van der Waals surface area contributed by atoms with E-state index in [4.69, 9.17) is 11.6 Å². The van der Waals surface area contributed by atoms with Gasteiger partial charge in [-0.3, -0.25) is 9.79 Å². The summed E-state index contributed by atoms with van der Waals surface area (Å²) in [5.74, 6) is -0.989. The van der Waals surface area contributed by atoms with Gasteiger partial charge in [0.2, 0.25) is 15.9 Å². The van der Waals surface area contributed by atoms with Crippen molar-refractivity contribution in [3.05, 3.63) is 64.9 Å². The summed E-state index contributed by atoms with van der Waals surface area (Å²) in [6, 6.07) is 11.1. The summed E-state index contributed by atoms with van der Waals surface area (Å²) >= 11 is 5.82. The Morgan fingerprint density at radius 1 is 1.15 bits per heavy atom. The van der Waals surface area contributed by atoms with E-state index in [1.54, 1.807) is 38.1 Å². The highest BCUT2D eigenvalue weighted by Crippen LogP contribution is 2.71. The zero-order valence-corrected chi connectivity index (χ0v) is 22.7. The van der Waals surface area contributed by atoms with Crippen LogP contribution in [0, 0.1) is 11.2 Å². The minimum Gasteiger partial charge on any atom is -0.366 e. The normalized spacial score (nSPS) is 27.3. The van der Waals surface area contributed by atoms with Crippen LogP contribution >= 0.6 is 11.6 Å². The second-order valence-corrected chi connectivity index (χ2v) is 13.4. The molecular weight excluding hydrogens is 560 g/mol. The predicted molar refractivity (Wildman–Crippen MR) is 137 cm³/mol. The number of halogens is 5. The predicted octanol–water partition coefficient (Wildman–Crippen LogP) is 4.42. The number of sulfonamides is 1. The SMILES string of the molecule is CC1(C)NC(C23CC(N(Cc4ccc(Cl)c(F)c4)S(=O)(=O)c4ccccc4)(C2)C3)=N[C@H]1C(=O)NCC(F)(F)F. The number of hydrogen-bond donors (Lipinski definition) is 2. The van der Waals surface area contributed by atoms with E-state index in [1.165, 1.54) is 28.6 Å². The smallest absolute Gasteiger partial charge is 0.366 e. The van der Waals surface area contributed by atoms with Crippen LogP contribution in [-0.4, -0.2) is 54.3 Å². The van der Waals surface area contributed by atoms with Crippen LogP contribution < -0.4 is 10.6 Å². The first-order chi connectivity index (χ1) is 18.1. The number of carbonyl (C=O) groups is 1. The lowest BCUT2D eigenvalue weighted by Crippen LogP contribution is -2.78. The standard InChI is InChI=1S/C26H27ClF4N4O3S/c1-23(2)20(21(36)32-15-26(29,30)31)33-22(34-23)24-12-25(13-24,14-24)35(11-16-8-9-18(27)19(28)10-16)39(37,38)17-6-4-3-5-7-17/h3-10,20H,11-15H2,1-2H3,(H,32,36)(H,33,34)/t20-,24?,25?/m0/s1. The maximum atomic E-state index is 14.2. The minimum atomic E-state index is -4.54. The number of alkyl halides is 3. The van der Waals surface area contributed by atoms with Gasteiger partial charge in [0.1, 0.15) is 18.2 Å². The number of nitrogens with zero attached hydrogens (tertiary/aromatic N) is 2. The molecule has 210 valence electrons. The second kappa shape index (κ2) is 9.17. The molecule has 1 atom stereocenters. The monoisotopic (exact) mass is 586 g/mol. The molecule has 7 nitrogen and oxygen atoms in total. The largest absolute Gasteiger partial charge is 0.405 e. The lowest BCUT2D eigenvalue weighted by atomic mass is 9.38. The molecule has 1 aliphatic heterocycles. The van der Waals surface area contributed by atoms with Gasteiger partial charge in [0, 0.05) is 17.5 Å². The van der Waals surface area contributed by atoms with E-state index >= 15 is 0 Å². The molecule has 2 aromatic rings. The molecule has 0 saturated heterocycles. The van der Waals surface area contributed by atoms with E-state index in [2.05, 4.69) is 10.3 Å². The second-order valence-electron chi connectivity index (χ2n) is 11.2. The van der Waals surface area contributed by atoms with Crippen molar-refractivity contribution >= 4 is 33.4 Å². The van der Waals surface area contributed by atoms with Crippen molar-refractivity contribution < 1.29 is 30.8 Å². The van der Waals surface area contributed by atoms with Crippen LogP contribution in [0.15, 0.2) is 58.4 Å². The quantitative estimate of drug-likeness (QED) is 0.448. The van der Waals surface area contributed by atoms with Gasteiger partial charge in [-0.1, -0.05) is 35.9 Å². The number of rotatable bonds is 8. The number of benzene rings is 2. The summed E-state index contributed by atoms with van der Waals surface area (Å²) in [5, 5.41) is 5.04. The Labute approximate surface area is 228 Å². The Hall–Kier alpha value is -2.70. The molecule has 4 aliphatic rings. The van der Waals surface area contributed by atoms with Gasteiger partial charge in [0.25, 0.3) is 0 Å². The van der Waals surface area contributed by atoms with Gasteiger partial charge in [-0.2, -0.15) is 17.5 Å². The molecular formula is C26H27ClF4N4O3S. The van der Waals surface area contributed by atoms with E-state index in [0.717, 1.165) is 0 Å². The molecule has 0 aromatic heterocycles. The molecule has 1 amide bonds. The minimum absolute atomic E-state index is 0.0672. The Morgan fingerprint density at radius 2 is 1.79 bits per heavy atom. The van der Waals surface area contributed by atoms with Crippen LogP contribution in [0.4, 0.5) is 17.6 Å². The van der Waals surface area contributed by atoms with E-state index < -0.39 is 57.0 Å². The first-order valence-electron chi connectivity index (χ1n) is 12.3. The van der Waals surface area contributed by atoms with Crippen molar-refractivity contribution in [2.24, 2.45) is 10.4 Å². The third-order valence-electron chi connectivity index (χ3n) is 7.77. The molecule has 2 N–H and O–H groups in total. The fourth-order valence-corrected chi connectivity index (χ4v) is 7.81. The average Bonchev–Trinajstić information content (AvgIpc) is 3.12. The van der Waals surface area contributed by atoms with Gasteiger partial charge >= 0.3 is 6.18 Å². The number of hydrogen-bond acceptors (Lipinski definition) is 5. The summed E-state index contributed by atoms with van der Waals surface area (Å²) in [7, 11) is -3.97. The Bertz CT molecular complexity index is 1430. The Balaban J connectivity index is 1.39. The third kappa shape index (κ3) is 4.91. The fourth-order valence-electron chi connectivity index (χ4n) is 5.92. The molecule has 2 aromatic carbocycles. The molecule has 6 rings (SSSR count). The molecule has 3 aliphatic carbocycles. The van der Waals surface area contributed by atoms with Gasteiger partial charge in [-0.05, 0) is 62.9 Å². The Kier molecular flexibility index (Phi) is 6.55. The van der Waals surface area contributed by atoms with Gasteiger partial charge < -0.3 is 10.6 Å². The summed E-state index contributed by atoms with van der Waals surface area (Å²) in [6.45, 7) is 1.85. The first kappa shape index (κ1) is 27.9. The highest BCUT2D eigenvalue weighted by molar-refractivity contribution is 7.89. The van der Waals surface area contributed by atoms with E-state index in [-0.39, 0.29) is 16.5 Å².